The van der Waals surface area contributed by atoms with Crippen LogP contribution in [0.4, 0.5) is 5.69 Å². The van der Waals surface area contributed by atoms with Crippen molar-refractivity contribution in [3.8, 4) is 11.4 Å². The number of carbonyl (C=O) groups is 1. The first-order valence-electron chi connectivity index (χ1n) is 10.8. The summed E-state index contributed by atoms with van der Waals surface area (Å²) in [5, 5.41) is 20.1. The first-order chi connectivity index (χ1) is 15.8. The van der Waals surface area contributed by atoms with Crippen molar-refractivity contribution < 1.29 is 4.79 Å². The average molecular weight is 462 g/mol. The zero-order valence-electron chi connectivity index (χ0n) is 19.4. The van der Waals surface area contributed by atoms with Gasteiger partial charge in [-0.1, -0.05) is 55.4 Å². The summed E-state index contributed by atoms with van der Waals surface area (Å²) in [5.41, 5.74) is 6.62. The molecule has 4 aromatic rings. The van der Waals surface area contributed by atoms with Gasteiger partial charge in [-0.25, -0.2) is 4.68 Å². The zero-order valence-corrected chi connectivity index (χ0v) is 20.2. The molecular formula is C24H27N7OS. The van der Waals surface area contributed by atoms with Crippen molar-refractivity contribution in [3.63, 3.8) is 0 Å². The average Bonchev–Trinajstić information content (AvgIpc) is 3.38. The number of rotatable bonds is 7. The van der Waals surface area contributed by atoms with Crippen LogP contribution in [-0.4, -0.2) is 41.6 Å². The summed E-state index contributed by atoms with van der Waals surface area (Å²) >= 11 is 1.29. The highest BCUT2D eigenvalue weighted by molar-refractivity contribution is 7.99. The molecule has 0 unspecified atom stereocenters. The topological polar surface area (TPSA) is 90.5 Å². The number of hydrogen-bond donors (Lipinski definition) is 1. The van der Waals surface area contributed by atoms with Gasteiger partial charge in [0.2, 0.25) is 11.1 Å². The minimum Gasteiger partial charge on any atom is -0.322 e. The summed E-state index contributed by atoms with van der Waals surface area (Å²) in [6, 6.07) is 16.2. The Morgan fingerprint density at radius 3 is 2.27 bits per heavy atom. The Labute approximate surface area is 197 Å². The smallest absolute Gasteiger partial charge is 0.234 e. The maximum Gasteiger partial charge on any atom is 0.234 e. The van der Waals surface area contributed by atoms with E-state index in [1.807, 2.05) is 61.9 Å². The minimum atomic E-state index is -0.139. The molecule has 2 heterocycles. The molecule has 2 aromatic carbocycles. The van der Waals surface area contributed by atoms with E-state index in [4.69, 9.17) is 0 Å². The summed E-state index contributed by atoms with van der Waals surface area (Å²) in [6.07, 6.45) is 0. The lowest BCUT2D eigenvalue weighted by atomic mass is 10.0. The van der Waals surface area contributed by atoms with Crippen LogP contribution in [0.25, 0.3) is 11.4 Å². The second-order valence-electron chi connectivity index (χ2n) is 8.25. The number of benzene rings is 2. The number of tetrazole rings is 1. The molecular weight excluding hydrogens is 434 g/mol. The second kappa shape index (κ2) is 9.58. The largest absolute Gasteiger partial charge is 0.322 e. The first-order valence-corrected chi connectivity index (χ1v) is 11.8. The number of anilines is 1. The van der Waals surface area contributed by atoms with Gasteiger partial charge < -0.3 is 5.32 Å². The lowest BCUT2D eigenvalue weighted by molar-refractivity contribution is -0.113. The summed E-state index contributed by atoms with van der Waals surface area (Å²) in [6.45, 7) is 10.2. The molecule has 2 aromatic heterocycles. The van der Waals surface area contributed by atoms with Crippen molar-refractivity contribution in [2.45, 2.75) is 45.7 Å². The van der Waals surface area contributed by atoms with Crippen LogP contribution < -0.4 is 5.32 Å². The number of nitrogens with zero attached hydrogens (tertiary/aromatic N) is 6. The zero-order chi connectivity index (χ0) is 23.5. The van der Waals surface area contributed by atoms with Crippen LogP contribution in [0.5, 0.6) is 0 Å². The van der Waals surface area contributed by atoms with Crippen LogP contribution in [0.1, 0.15) is 42.3 Å². The molecule has 0 radical (unpaired) electrons. The molecule has 0 atom stereocenters. The van der Waals surface area contributed by atoms with Crippen LogP contribution in [0.15, 0.2) is 53.7 Å². The fourth-order valence-electron chi connectivity index (χ4n) is 3.50. The summed E-state index contributed by atoms with van der Waals surface area (Å²) < 4.78 is 3.49. The van der Waals surface area contributed by atoms with Gasteiger partial charge in [0.1, 0.15) is 0 Å². The van der Waals surface area contributed by atoms with E-state index in [0.717, 1.165) is 28.5 Å². The fraction of sp³-hybridized carbons (Fsp3) is 0.292. The van der Waals surface area contributed by atoms with Gasteiger partial charge in [0, 0.05) is 0 Å². The van der Waals surface area contributed by atoms with Gasteiger partial charge in [-0.05, 0) is 66.9 Å². The maximum absolute atomic E-state index is 12.7. The van der Waals surface area contributed by atoms with Crippen molar-refractivity contribution in [2.24, 2.45) is 0 Å². The third kappa shape index (κ3) is 4.98. The predicted molar refractivity (Wildman–Crippen MR) is 130 cm³/mol. The van der Waals surface area contributed by atoms with E-state index in [9.17, 15) is 4.79 Å². The van der Waals surface area contributed by atoms with Crippen molar-refractivity contribution in [1.82, 2.24) is 30.0 Å². The second-order valence-corrected chi connectivity index (χ2v) is 9.19. The molecule has 170 valence electrons. The van der Waals surface area contributed by atoms with E-state index in [2.05, 4.69) is 51.9 Å². The number of amides is 1. The number of hydrogen-bond acceptors (Lipinski definition) is 6. The Balaban J connectivity index is 1.44. The molecule has 0 aliphatic carbocycles. The van der Waals surface area contributed by atoms with E-state index < -0.39 is 0 Å². The highest BCUT2D eigenvalue weighted by atomic mass is 32.2. The van der Waals surface area contributed by atoms with E-state index in [1.54, 1.807) is 4.68 Å². The number of carbonyl (C=O) groups excluding carboxylic acids is 1. The summed E-state index contributed by atoms with van der Waals surface area (Å²) in [4.78, 5) is 12.7. The molecule has 0 saturated carbocycles. The SMILES string of the molecule is Cc1ccc(-n2nc(C)c(NC(=O)CSc3nnnn3-c3ccc(C(C)C)cc3)c2C)cc1. The Morgan fingerprint density at radius 1 is 0.970 bits per heavy atom. The Hall–Kier alpha value is -3.46. The summed E-state index contributed by atoms with van der Waals surface area (Å²) in [7, 11) is 0. The number of aromatic nitrogens is 6. The fourth-order valence-corrected chi connectivity index (χ4v) is 4.19. The van der Waals surface area contributed by atoms with Gasteiger partial charge in [0.05, 0.1) is 34.2 Å². The Kier molecular flexibility index (Phi) is 6.60. The Morgan fingerprint density at radius 2 is 1.61 bits per heavy atom. The quantitative estimate of drug-likeness (QED) is 0.404. The lowest BCUT2D eigenvalue weighted by Gasteiger charge is -2.09. The van der Waals surface area contributed by atoms with E-state index >= 15 is 0 Å². The minimum absolute atomic E-state index is 0.139. The molecule has 0 bridgehead atoms. The molecule has 4 rings (SSSR count). The highest BCUT2D eigenvalue weighted by Crippen LogP contribution is 2.25. The van der Waals surface area contributed by atoms with Crippen LogP contribution in [0.3, 0.4) is 0 Å². The molecule has 1 amide bonds. The molecule has 0 aliphatic rings. The van der Waals surface area contributed by atoms with Crippen molar-refractivity contribution >= 4 is 23.4 Å². The van der Waals surface area contributed by atoms with Crippen LogP contribution >= 0.6 is 11.8 Å². The molecule has 0 spiro atoms. The maximum atomic E-state index is 12.7. The third-order valence-electron chi connectivity index (χ3n) is 5.41. The molecule has 0 saturated heterocycles. The number of nitrogens with one attached hydrogen (secondary N) is 1. The van der Waals surface area contributed by atoms with Crippen molar-refractivity contribution in [1.29, 1.82) is 0 Å². The van der Waals surface area contributed by atoms with Crippen molar-refractivity contribution in [3.05, 3.63) is 71.0 Å². The molecule has 8 nitrogen and oxygen atoms in total. The summed E-state index contributed by atoms with van der Waals surface area (Å²) in [5.74, 6) is 0.492. The van der Waals surface area contributed by atoms with Gasteiger partial charge in [0.25, 0.3) is 0 Å². The van der Waals surface area contributed by atoms with Crippen LogP contribution in [-0.2, 0) is 4.79 Å². The predicted octanol–water partition coefficient (Wildman–Crippen LogP) is 4.63. The van der Waals surface area contributed by atoms with Gasteiger partial charge >= 0.3 is 0 Å². The molecule has 33 heavy (non-hydrogen) atoms. The third-order valence-corrected chi connectivity index (χ3v) is 6.33. The normalized spacial score (nSPS) is 11.2. The van der Waals surface area contributed by atoms with E-state index in [-0.39, 0.29) is 11.7 Å². The first kappa shape index (κ1) is 22.7. The van der Waals surface area contributed by atoms with Gasteiger partial charge in [-0.2, -0.15) is 9.78 Å². The standard InChI is InChI=1S/C24H27N7OS/c1-15(2)19-8-12-21(13-9-19)31-24(26-28-29-31)33-14-22(32)25-23-17(4)27-30(18(23)5)20-10-6-16(3)7-11-20/h6-13,15H,14H2,1-5H3,(H,25,32). The molecule has 0 fully saturated rings. The van der Waals surface area contributed by atoms with Crippen LogP contribution in [0, 0.1) is 20.8 Å². The molecule has 1 N–H and O–H groups in total. The van der Waals surface area contributed by atoms with Gasteiger partial charge in [-0.15, -0.1) is 5.10 Å². The monoisotopic (exact) mass is 461 g/mol. The Bertz CT molecular complexity index is 1260. The van der Waals surface area contributed by atoms with E-state index in [1.165, 1.54) is 22.9 Å². The lowest BCUT2D eigenvalue weighted by Crippen LogP contribution is -2.16. The van der Waals surface area contributed by atoms with Gasteiger partial charge in [0.15, 0.2) is 0 Å². The van der Waals surface area contributed by atoms with Crippen LogP contribution in [0.2, 0.25) is 0 Å². The number of thioether (sulfide) groups is 1. The number of aryl methyl sites for hydroxylation is 2. The van der Waals surface area contributed by atoms with Gasteiger partial charge in [-0.3, -0.25) is 4.79 Å². The highest BCUT2D eigenvalue weighted by Gasteiger charge is 2.17. The van der Waals surface area contributed by atoms with Crippen molar-refractivity contribution in [2.75, 3.05) is 11.1 Å². The van der Waals surface area contributed by atoms with E-state index in [0.29, 0.717) is 11.1 Å². The molecule has 9 heteroatoms. The molecule has 0 aliphatic heterocycles.